The fraction of sp³-hybridized carbons (Fsp3) is 0.500. The molecular weight excluding hydrogens is 263 g/mol. The Morgan fingerprint density at radius 3 is 2.29 bits per heavy atom. The molecule has 0 heterocycles. The highest BCUT2D eigenvalue weighted by Gasteiger charge is 2.19. The molecule has 1 unspecified atom stereocenters. The molecule has 0 aromatic heterocycles. The molecule has 0 bridgehead atoms. The molecule has 0 aliphatic rings. The van der Waals surface area contributed by atoms with Gasteiger partial charge >= 0.3 is 6.09 Å². The first-order valence-corrected chi connectivity index (χ1v) is 7.04. The third-order valence-corrected chi connectivity index (χ3v) is 2.27. The zero-order chi connectivity index (χ0) is 16.5. The summed E-state index contributed by atoms with van der Waals surface area (Å²) in [6.07, 6.45) is -0.176. The van der Waals surface area contributed by atoms with Gasteiger partial charge in [-0.05, 0) is 26.3 Å². The lowest BCUT2D eigenvalue weighted by Gasteiger charge is -2.21. The fourth-order valence-corrected chi connectivity index (χ4v) is 1.47. The number of benzene rings is 1. The van der Waals surface area contributed by atoms with Crippen molar-refractivity contribution < 1.29 is 9.53 Å². The monoisotopic (exact) mass is 286 g/mol. The van der Waals surface area contributed by atoms with Crippen LogP contribution in [0.4, 0.5) is 4.79 Å². The van der Waals surface area contributed by atoms with Gasteiger partial charge in [0.05, 0.1) is 6.07 Å². The number of carbonyl (C=O) groups excluding carboxylic acids is 1. The van der Waals surface area contributed by atoms with Gasteiger partial charge in [0, 0.05) is 6.42 Å². The van der Waals surface area contributed by atoms with E-state index in [9.17, 15) is 4.79 Å². The lowest BCUT2D eigenvalue weighted by molar-refractivity contribution is 0.0516. The first-order chi connectivity index (χ1) is 9.80. The minimum absolute atomic E-state index is 0.413. The van der Waals surface area contributed by atoms with Crippen LogP contribution in [-0.2, 0) is 11.2 Å². The van der Waals surface area contributed by atoms with E-state index >= 15 is 0 Å². The maximum absolute atomic E-state index is 11.6. The zero-order valence-electron chi connectivity index (χ0n) is 13.4. The van der Waals surface area contributed by atoms with E-state index in [1.807, 2.05) is 32.0 Å². The summed E-state index contributed by atoms with van der Waals surface area (Å²) in [5, 5.41) is 11.6. The summed E-state index contributed by atoms with van der Waals surface area (Å²) < 4.78 is 5.11. The summed E-state index contributed by atoms with van der Waals surface area (Å²) in [6, 6.07) is 8.59. The first kappa shape index (κ1) is 19.0. The van der Waals surface area contributed by atoms with Crippen molar-refractivity contribution in [2.24, 2.45) is 0 Å². The summed E-state index contributed by atoms with van der Waals surface area (Å²) in [6.45, 7) is 9.32. The predicted molar refractivity (Wildman–Crippen MR) is 85.7 cm³/mol. The van der Waals surface area contributed by atoms with Crippen molar-refractivity contribution in [3.8, 4) is 6.07 Å². The molecule has 1 rings (SSSR count). The maximum Gasteiger partial charge on any atom is 0.408 e. The van der Waals surface area contributed by atoms with Crippen LogP contribution in [-0.4, -0.2) is 25.6 Å². The topological polar surface area (TPSA) is 62.1 Å². The van der Waals surface area contributed by atoms with Crippen LogP contribution in [0.25, 0.3) is 0 Å². The van der Waals surface area contributed by atoms with E-state index in [0.29, 0.717) is 11.9 Å². The van der Waals surface area contributed by atoms with E-state index in [1.165, 1.54) is 0 Å². The third-order valence-electron chi connectivity index (χ3n) is 2.27. The molecule has 5 heteroatoms. The number of alkyl carbamates (subject to hydrolysis) is 1. The van der Waals surface area contributed by atoms with Crippen LogP contribution in [0.5, 0.6) is 0 Å². The molecule has 0 aliphatic carbocycles. The number of hydrogen-bond donors (Lipinski definition) is 1. The summed E-state index contributed by atoms with van der Waals surface area (Å²) in [4.78, 5) is 11.6. The van der Waals surface area contributed by atoms with E-state index < -0.39 is 17.7 Å². The van der Waals surface area contributed by atoms with Crippen LogP contribution in [0.1, 0.15) is 40.2 Å². The van der Waals surface area contributed by atoms with Gasteiger partial charge in [0.25, 0.3) is 0 Å². The Hall–Kier alpha value is -1.96. The number of nitrogens with one attached hydrogen (secondary N) is 1. The second-order valence-electron chi connectivity index (χ2n) is 5.27. The standard InChI is InChI=1S/C14H17BN2O2.C2H6/c1-14(2,3)19-13(18)17-12(9-16)8-10-4-6-11(15)7-5-10;1-2/h4-7,12H,8H2,1-3H3,(H,17,18);1-2H3. The van der Waals surface area contributed by atoms with E-state index in [1.54, 1.807) is 32.9 Å². The molecule has 1 atom stereocenters. The molecule has 4 nitrogen and oxygen atoms in total. The van der Waals surface area contributed by atoms with Crippen molar-refractivity contribution in [1.82, 2.24) is 5.32 Å². The Balaban J connectivity index is 0.00000191. The van der Waals surface area contributed by atoms with E-state index in [-0.39, 0.29) is 0 Å². The Morgan fingerprint density at radius 2 is 1.86 bits per heavy atom. The first-order valence-electron chi connectivity index (χ1n) is 7.04. The van der Waals surface area contributed by atoms with Gasteiger partial charge in [0.1, 0.15) is 19.5 Å². The molecule has 1 N–H and O–H groups in total. The van der Waals surface area contributed by atoms with Crippen molar-refractivity contribution in [3.63, 3.8) is 0 Å². The van der Waals surface area contributed by atoms with E-state index in [2.05, 4.69) is 5.32 Å². The van der Waals surface area contributed by atoms with Crippen LogP contribution >= 0.6 is 0 Å². The second-order valence-corrected chi connectivity index (χ2v) is 5.27. The van der Waals surface area contributed by atoms with Gasteiger partial charge in [-0.1, -0.05) is 43.6 Å². The third kappa shape index (κ3) is 8.75. The van der Waals surface area contributed by atoms with Gasteiger partial charge in [-0.15, -0.1) is 0 Å². The Bertz CT molecular complexity index is 473. The Kier molecular flexibility index (Phi) is 8.22. The summed E-state index contributed by atoms with van der Waals surface area (Å²) >= 11 is 0. The number of nitriles is 1. The minimum Gasteiger partial charge on any atom is -0.444 e. The molecule has 112 valence electrons. The van der Waals surface area contributed by atoms with Gasteiger partial charge in [-0.3, -0.25) is 0 Å². The lowest BCUT2D eigenvalue weighted by atomic mass is 9.94. The molecule has 0 saturated carbocycles. The minimum atomic E-state index is -0.626. The molecule has 0 spiro atoms. The molecule has 0 fully saturated rings. The highest BCUT2D eigenvalue weighted by Crippen LogP contribution is 2.08. The number of ether oxygens (including phenoxy) is 1. The lowest BCUT2D eigenvalue weighted by Crippen LogP contribution is -2.39. The number of amides is 1. The molecule has 2 radical (unpaired) electrons. The van der Waals surface area contributed by atoms with E-state index in [0.717, 1.165) is 5.56 Å². The van der Waals surface area contributed by atoms with Crippen molar-refractivity contribution in [2.75, 3.05) is 0 Å². The van der Waals surface area contributed by atoms with Crippen molar-refractivity contribution in [1.29, 1.82) is 5.26 Å². The Labute approximate surface area is 128 Å². The van der Waals surface area contributed by atoms with Crippen LogP contribution in [0.3, 0.4) is 0 Å². The van der Waals surface area contributed by atoms with Crippen molar-refractivity contribution in [3.05, 3.63) is 29.8 Å². The van der Waals surface area contributed by atoms with Crippen LogP contribution in [0, 0.1) is 11.3 Å². The number of rotatable bonds is 3. The smallest absolute Gasteiger partial charge is 0.408 e. The molecular formula is C16H23BN2O2. The average molecular weight is 286 g/mol. The van der Waals surface area contributed by atoms with E-state index in [4.69, 9.17) is 17.8 Å². The van der Waals surface area contributed by atoms with Crippen molar-refractivity contribution >= 4 is 19.4 Å². The van der Waals surface area contributed by atoms with Gasteiger partial charge in [0.2, 0.25) is 0 Å². The largest absolute Gasteiger partial charge is 0.444 e. The quantitative estimate of drug-likeness (QED) is 0.868. The molecule has 1 aromatic rings. The van der Waals surface area contributed by atoms with Gasteiger partial charge in [0.15, 0.2) is 0 Å². The molecule has 1 amide bonds. The number of hydrogen-bond acceptors (Lipinski definition) is 3. The SMILES string of the molecule is CC.[B]c1ccc(CC(C#N)NC(=O)OC(C)(C)C)cc1. The van der Waals surface area contributed by atoms with Crippen molar-refractivity contribution in [2.45, 2.75) is 52.7 Å². The summed E-state index contributed by atoms with van der Waals surface area (Å²) in [7, 11) is 5.59. The summed E-state index contributed by atoms with van der Waals surface area (Å²) in [5.41, 5.74) is 1.01. The highest BCUT2D eigenvalue weighted by molar-refractivity contribution is 6.32. The maximum atomic E-state index is 11.6. The summed E-state index contributed by atoms with van der Waals surface area (Å²) in [5.74, 6) is 0. The highest BCUT2D eigenvalue weighted by atomic mass is 16.6. The normalized spacial score (nSPS) is 11.4. The van der Waals surface area contributed by atoms with Gasteiger partial charge in [-0.25, -0.2) is 4.79 Å². The predicted octanol–water partition coefficient (Wildman–Crippen LogP) is 2.47. The molecule has 1 aromatic carbocycles. The molecule has 0 saturated heterocycles. The molecule has 0 aliphatic heterocycles. The zero-order valence-corrected chi connectivity index (χ0v) is 13.4. The van der Waals surface area contributed by atoms with Crippen LogP contribution in [0.2, 0.25) is 0 Å². The van der Waals surface area contributed by atoms with Gasteiger partial charge in [-0.2, -0.15) is 5.26 Å². The molecule has 21 heavy (non-hydrogen) atoms. The fourth-order valence-electron chi connectivity index (χ4n) is 1.47. The second kappa shape index (κ2) is 9.07. The van der Waals surface area contributed by atoms with Gasteiger partial charge < -0.3 is 10.1 Å². The number of carbonyl (C=O) groups is 1. The number of nitrogens with zero attached hydrogens (tertiary/aromatic N) is 1. The van der Waals surface area contributed by atoms with Crippen LogP contribution < -0.4 is 10.8 Å². The average Bonchev–Trinajstić information content (AvgIpc) is 2.40. The Morgan fingerprint density at radius 1 is 1.33 bits per heavy atom. The van der Waals surface area contributed by atoms with Crippen LogP contribution in [0.15, 0.2) is 24.3 Å².